The molecular weight excluding hydrogens is 288 g/mol. The number of nitrogens with two attached hydrogens (primary N) is 1. The topological polar surface area (TPSA) is 29.3 Å². The Balaban J connectivity index is 1.97. The van der Waals surface area contributed by atoms with Gasteiger partial charge in [-0.3, -0.25) is 0 Å². The highest BCUT2D eigenvalue weighted by molar-refractivity contribution is 9.10. The van der Waals surface area contributed by atoms with Gasteiger partial charge in [-0.15, -0.1) is 0 Å². The Morgan fingerprint density at radius 3 is 2.28 bits per heavy atom. The molecule has 2 nitrogen and oxygen atoms in total. The van der Waals surface area contributed by atoms with Gasteiger partial charge >= 0.3 is 0 Å². The first-order valence-electron chi connectivity index (χ1n) is 6.09. The van der Waals surface area contributed by atoms with Gasteiger partial charge in [-0.25, -0.2) is 0 Å². The molecule has 3 rings (SSSR count). The second-order valence-corrected chi connectivity index (χ2v) is 5.42. The minimum Gasteiger partial charge on any atom is -0.363 e. The van der Waals surface area contributed by atoms with Crippen LogP contribution in [0.25, 0.3) is 0 Å². The number of halogens is 1. The lowest BCUT2D eigenvalue weighted by atomic mass is 10.1. The van der Waals surface area contributed by atoms with Gasteiger partial charge in [0.15, 0.2) is 0 Å². The van der Waals surface area contributed by atoms with Crippen LogP contribution in [-0.2, 0) is 19.6 Å². The third-order valence-electron chi connectivity index (χ3n) is 3.48. The van der Waals surface area contributed by atoms with Crippen molar-refractivity contribution < 1.29 is 0 Å². The van der Waals surface area contributed by atoms with E-state index in [9.17, 15) is 0 Å². The van der Waals surface area contributed by atoms with Gasteiger partial charge in [0.05, 0.1) is 0 Å². The molecule has 2 aromatic rings. The van der Waals surface area contributed by atoms with Crippen molar-refractivity contribution >= 4 is 21.6 Å². The number of fused-ring (bicyclic) bond motifs is 1. The number of anilines is 1. The highest BCUT2D eigenvalue weighted by Gasteiger charge is 2.20. The third-order valence-corrected chi connectivity index (χ3v) is 4.22. The van der Waals surface area contributed by atoms with Crippen LogP contribution in [0.1, 0.15) is 16.7 Å². The minimum absolute atomic E-state index is 0.559. The summed E-state index contributed by atoms with van der Waals surface area (Å²) in [5.74, 6) is 0. The summed E-state index contributed by atoms with van der Waals surface area (Å²) in [6.45, 7) is 2.50. The van der Waals surface area contributed by atoms with Gasteiger partial charge in [0.2, 0.25) is 0 Å². The maximum atomic E-state index is 5.87. The Morgan fingerprint density at radius 2 is 1.67 bits per heavy atom. The van der Waals surface area contributed by atoms with Crippen molar-refractivity contribution in [1.82, 2.24) is 0 Å². The zero-order valence-corrected chi connectivity index (χ0v) is 11.7. The van der Waals surface area contributed by atoms with Crippen molar-refractivity contribution in [2.45, 2.75) is 19.6 Å². The standard InChI is InChI=1S/C15H15BrN2/c16-14-6-3-7-15(13(14)8-17)18-9-11-4-1-2-5-12(11)10-18/h1-7H,8-10,17H2. The number of hydrogen-bond acceptors (Lipinski definition) is 2. The second kappa shape index (κ2) is 4.75. The fraction of sp³-hybridized carbons (Fsp3) is 0.200. The van der Waals surface area contributed by atoms with E-state index in [1.54, 1.807) is 0 Å². The van der Waals surface area contributed by atoms with Crippen LogP contribution < -0.4 is 10.6 Å². The summed E-state index contributed by atoms with van der Waals surface area (Å²) in [6, 6.07) is 14.9. The molecule has 0 radical (unpaired) electrons. The van der Waals surface area contributed by atoms with Crippen molar-refractivity contribution in [3.8, 4) is 0 Å². The van der Waals surface area contributed by atoms with Crippen molar-refractivity contribution in [2.24, 2.45) is 5.73 Å². The summed E-state index contributed by atoms with van der Waals surface area (Å²) in [5.41, 5.74) is 11.1. The van der Waals surface area contributed by atoms with Gasteiger partial charge in [-0.1, -0.05) is 46.3 Å². The average molecular weight is 303 g/mol. The van der Waals surface area contributed by atoms with Gasteiger partial charge in [0, 0.05) is 35.4 Å². The number of benzene rings is 2. The number of nitrogens with zero attached hydrogens (tertiary/aromatic N) is 1. The number of hydrogen-bond donors (Lipinski definition) is 1. The van der Waals surface area contributed by atoms with Gasteiger partial charge in [-0.05, 0) is 23.3 Å². The van der Waals surface area contributed by atoms with Crippen LogP contribution >= 0.6 is 15.9 Å². The van der Waals surface area contributed by atoms with E-state index in [1.807, 2.05) is 0 Å². The van der Waals surface area contributed by atoms with Gasteiger partial charge in [0.25, 0.3) is 0 Å². The van der Waals surface area contributed by atoms with Crippen LogP contribution in [0.3, 0.4) is 0 Å². The van der Waals surface area contributed by atoms with Crippen molar-refractivity contribution in [3.05, 3.63) is 63.6 Å². The molecule has 0 unspecified atom stereocenters. The first-order chi connectivity index (χ1) is 8.79. The van der Waals surface area contributed by atoms with E-state index in [-0.39, 0.29) is 0 Å². The Kier molecular flexibility index (Phi) is 3.10. The monoisotopic (exact) mass is 302 g/mol. The molecule has 0 amide bonds. The molecule has 2 aromatic carbocycles. The molecule has 0 aliphatic carbocycles. The van der Waals surface area contributed by atoms with Crippen molar-refractivity contribution in [2.75, 3.05) is 4.90 Å². The van der Waals surface area contributed by atoms with Crippen LogP contribution in [0.2, 0.25) is 0 Å². The summed E-state index contributed by atoms with van der Waals surface area (Å²) in [7, 11) is 0. The SMILES string of the molecule is NCc1c(Br)cccc1N1Cc2ccccc2C1. The molecule has 1 aliphatic heterocycles. The molecule has 0 saturated carbocycles. The Morgan fingerprint density at radius 1 is 1.00 bits per heavy atom. The molecule has 0 spiro atoms. The Hall–Kier alpha value is -1.32. The van der Waals surface area contributed by atoms with E-state index in [4.69, 9.17) is 5.73 Å². The van der Waals surface area contributed by atoms with Crippen LogP contribution in [-0.4, -0.2) is 0 Å². The molecule has 2 N–H and O–H groups in total. The first kappa shape index (κ1) is 11.8. The second-order valence-electron chi connectivity index (χ2n) is 4.57. The normalized spacial score (nSPS) is 13.8. The largest absolute Gasteiger partial charge is 0.363 e. The van der Waals surface area contributed by atoms with Gasteiger partial charge in [-0.2, -0.15) is 0 Å². The number of rotatable bonds is 2. The lowest BCUT2D eigenvalue weighted by molar-refractivity contribution is 0.863. The zero-order valence-electron chi connectivity index (χ0n) is 10.1. The summed E-state index contributed by atoms with van der Waals surface area (Å²) < 4.78 is 1.10. The first-order valence-corrected chi connectivity index (χ1v) is 6.88. The smallest absolute Gasteiger partial charge is 0.0436 e. The molecule has 18 heavy (non-hydrogen) atoms. The maximum absolute atomic E-state index is 5.87. The fourth-order valence-electron chi connectivity index (χ4n) is 2.55. The molecule has 0 bridgehead atoms. The predicted molar refractivity (Wildman–Crippen MR) is 78.4 cm³/mol. The van der Waals surface area contributed by atoms with E-state index in [0.29, 0.717) is 6.54 Å². The summed E-state index contributed by atoms with van der Waals surface area (Å²) >= 11 is 3.58. The fourth-order valence-corrected chi connectivity index (χ4v) is 3.07. The van der Waals surface area contributed by atoms with Crippen LogP contribution in [0.5, 0.6) is 0 Å². The van der Waals surface area contributed by atoms with Gasteiger partial charge in [0.1, 0.15) is 0 Å². The van der Waals surface area contributed by atoms with E-state index < -0.39 is 0 Å². The van der Waals surface area contributed by atoms with E-state index in [0.717, 1.165) is 17.6 Å². The highest BCUT2D eigenvalue weighted by Crippen LogP contribution is 2.33. The lowest BCUT2D eigenvalue weighted by Crippen LogP contribution is -2.17. The summed E-state index contributed by atoms with van der Waals surface area (Å²) in [5, 5.41) is 0. The molecule has 0 fully saturated rings. The summed E-state index contributed by atoms with van der Waals surface area (Å²) in [4.78, 5) is 2.39. The predicted octanol–water partition coefficient (Wildman–Crippen LogP) is 3.43. The van der Waals surface area contributed by atoms with Crippen molar-refractivity contribution in [3.63, 3.8) is 0 Å². The molecule has 3 heteroatoms. The van der Waals surface area contributed by atoms with Crippen molar-refractivity contribution in [1.29, 1.82) is 0 Å². The van der Waals surface area contributed by atoms with E-state index in [2.05, 4.69) is 63.3 Å². The van der Waals surface area contributed by atoms with Crippen LogP contribution in [0.4, 0.5) is 5.69 Å². The summed E-state index contributed by atoms with van der Waals surface area (Å²) in [6.07, 6.45) is 0. The molecule has 92 valence electrons. The van der Waals surface area contributed by atoms with Crippen LogP contribution in [0.15, 0.2) is 46.9 Å². The molecule has 1 heterocycles. The Bertz CT molecular complexity index is 555. The van der Waals surface area contributed by atoms with Crippen LogP contribution in [0, 0.1) is 0 Å². The highest BCUT2D eigenvalue weighted by atomic mass is 79.9. The molecule has 1 aliphatic rings. The lowest BCUT2D eigenvalue weighted by Gasteiger charge is -2.21. The molecular formula is C15H15BrN2. The Labute approximate surface area is 116 Å². The van der Waals surface area contributed by atoms with E-state index >= 15 is 0 Å². The molecule has 0 atom stereocenters. The zero-order chi connectivity index (χ0) is 12.5. The van der Waals surface area contributed by atoms with E-state index in [1.165, 1.54) is 22.4 Å². The molecule has 0 saturated heterocycles. The third kappa shape index (κ3) is 1.93. The minimum atomic E-state index is 0.559. The average Bonchev–Trinajstić information content (AvgIpc) is 2.82. The molecule has 0 aromatic heterocycles. The maximum Gasteiger partial charge on any atom is 0.0436 e. The quantitative estimate of drug-likeness (QED) is 0.921. The van der Waals surface area contributed by atoms with Gasteiger partial charge < -0.3 is 10.6 Å².